The molecule has 3 N–H and O–H groups in total. The Morgan fingerprint density at radius 2 is 2.20 bits per heavy atom. The molecule has 1 aromatic rings. The highest BCUT2D eigenvalue weighted by molar-refractivity contribution is 5.97. The Bertz CT molecular complexity index is 515. The molecule has 8 nitrogen and oxygen atoms in total. The minimum atomic E-state index is -1.44. The van der Waals surface area contributed by atoms with Crippen LogP contribution in [0.3, 0.4) is 0 Å². The van der Waals surface area contributed by atoms with Crippen LogP contribution in [0.4, 0.5) is 5.69 Å². The molecular weight excluding hydrogens is 268 g/mol. The molecule has 0 saturated carbocycles. The van der Waals surface area contributed by atoms with Crippen molar-refractivity contribution in [1.29, 1.82) is 0 Å². The van der Waals surface area contributed by atoms with Crippen molar-refractivity contribution in [2.45, 2.75) is 12.5 Å². The van der Waals surface area contributed by atoms with Crippen LogP contribution in [0, 0.1) is 10.1 Å². The molecule has 0 heterocycles. The number of hydrogen-bond donors (Lipinski definition) is 3. The standard InChI is InChI=1S/C12H16N2O6/c1-12(17,7-15)6-13-11(16)9-4-3-8(14(18)19)5-10(9)20-2/h3-5,15,17H,6-7H2,1-2H3,(H,13,16). The molecule has 0 bridgehead atoms. The predicted octanol–water partition coefficient (Wildman–Crippen LogP) is 0.0765. The summed E-state index contributed by atoms with van der Waals surface area (Å²) >= 11 is 0. The molecule has 1 unspecified atom stereocenters. The van der Waals surface area contributed by atoms with Crippen molar-refractivity contribution < 1.29 is 24.7 Å². The second-order valence-electron chi connectivity index (χ2n) is 4.48. The normalized spacial score (nSPS) is 13.4. The number of nitro benzene ring substituents is 1. The number of nitrogens with zero attached hydrogens (tertiary/aromatic N) is 1. The van der Waals surface area contributed by atoms with E-state index in [-0.39, 0.29) is 23.5 Å². The minimum Gasteiger partial charge on any atom is -0.496 e. The number of methoxy groups -OCH3 is 1. The summed E-state index contributed by atoms with van der Waals surface area (Å²) in [6.07, 6.45) is 0. The smallest absolute Gasteiger partial charge is 0.273 e. The summed E-state index contributed by atoms with van der Waals surface area (Å²) in [5.41, 5.74) is -1.53. The molecular formula is C12H16N2O6. The Hall–Kier alpha value is -2.19. The maximum absolute atomic E-state index is 11.9. The third-order valence-electron chi connectivity index (χ3n) is 2.61. The second-order valence-corrected chi connectivity index (χ2v) is 4.48. The summed E-state index contributed by atoms with van der Waals surface area (Å²) in [4.78, 5) is 22.0. The second kappa shape index (κ2) is 6.31. The number of benzene rings is 1. The largest absolute Gasteiger partial charge is 0.496 e. The van der Waals surface area contributed by atoms with Crippen molar-refractivity contribution >= 4 is 11.6 Å². The topological polar surface area (TPSA) is 122 Å². The van der Waals surface area contributed by atoms with Crippen LogP contribution in [-0.4, -0.2) is 46.9 Å². The van der Waals surface area contributed by atoms with Gasteiger partial charge in [-0.25, -0.2) is 0 Å². The first kappa shape index (κ1) is 15.9. The highest BCUT2D eigenvalue weighted by Gasteiger charge is 2.22. The molecule has 8 heteroatoms. The third kappa shape index (κ3) is 3.90. The van der Waals surface area contributed by atoms with Gasteiger partial charge in [0.2, 0.25) is 0 Å². The summed E-state index contributed by atoms with van der Waals surface area (Å²) in [6, 6.07) is 3.58. The van der Waals surface area contributed by atoms with Gasteiger partial charge in [-0.15, -0.1) is 0 Å². The Balaban J connectivity index is 2.90. The van der Waals surface area contributed by atoms with Gasteiger partial charge in [0.05, 0.1) is 30.3 Å². The van der Waals surface area contributed by atoms with Crippen molar-refractivity contribution in [2.75, 3.05) is 20.3 Å². The molecule has 1 aromatic carbocycles. The van der Waals surface area contributed by atoms with E-state index in [1.54, 1.807) is 0 Å². The Morgan fingerprint density at radius 1 is 1.55 bits per heavy atom. The molecule has 1 atom stereocenters. The molecule has 0 aliphatic carbocycles. The van der Waals surface area contributed by atoms with Crippen molar-refractivity contribution in [3.05, 3.63) is 33.9 Å². The summed E-state index contributed by atoms with van der Waals surface area (Å²) in [5.74, 6) is -0.509. The lowest BCUT2D eigenvalue weighted by molar-refractivity contribution is -0.384. The van der Waals surface area contributed by atoms with Gasteiger partial charge in [-0.3, -0.25) is 14.9 Å². The fourth-order valence-electron chi connectivity index (χ4n) is 1.40. The van der Waals surface area contributed by atoms with Crippen LogP contribution in [0.1, 0.15) is 17.3 Å². The van der Waals surface area contributed by atoms with Crippen LogP contribution in [0.25, 0.3) is 0 Å². The van der Waals surface area contributed by atoms with Gasteiger partial charge in [0, 0.05) is 12.6 Å². The van der Waals surface area contributed by atoms with Crippen LogP contribution in [0.15, 0.2) is 18.2 Å². The van der Waals surface area contributed by atoms with Gasteiger partial charge in [0.25, 0.3) is 11.6 Å². The quantitative estimate of drug-likeness (QED) is 0.502. The molecule has 0 radical (unpaired) electrons. The number of carbonyl (C=O) groups excluding carboxylic acids is 1. The molecule has 0 spiro atoms. The zero-order valence-corrected chi connectivity index (χ0v) is 11.1. The van der Waals surface area contributed by atoms with Crippen LogP contribution < -0.4 is 10.1 Å². The first-order valence-corrected chi connectivity index (χ1v) is 5.74. The van der Waals surface area contributed by atoms with E-state index in [0.717, 1.165) is 6.07 Å². The first-order valence-electron chi connectivity index (χ1n) is 5.74. The van der Waals surface area contributed by atoms with Crippen molar-refractivity contribution in [1.82, 2.24) is 5.32 Å². The lowest BCUT2D eigenvalue weighted by Crippen LogP contribution is -2.43. The maximum Gasteiger partial charge on any atom is 0.273 e. The molecule has 0 aliphatic heterocycles. The number of amides is 1. The molecule has 0 fully saturated rings. The number of hydrogen-bond acceptors (Lipinski definition) is 6. The number of ether oxygens (including phenoxy) is 1. The minimum absolute atomic E-state index is 0.0559. The summed E-state index contributed by atoms with van der Waals surface area (Å²) in [6.45, 7) is 0.688. The van der Waals surface area contributed by atoms with Gasteiger partial charge in [-0.2, -0.15) is 0 Å². The van der Waals surface area contributed by atoms with Crippen molar-refractivity contribution in [3.63, 3.8) is 0 Å². The zero-order valence-electron chi connectivity index (χ0n) is 11.1. The zero-order chi connectivity index (χ0) is 15.3. The van der Waals surface area contributed by atoms with Gasteiger partial charge in [0.15, 0.2) is 0 Å². The maximum atomic E-state index is 11.9. The number of non-ortho nitro benzene ring substituents is 1. The predicted molar refractivity (Wildman–Crippen MR) is 69.7 cm³/mol. The van der Waals surface area contributed by atoms with Crippen molar-refractivity contribution in [3.8, 4) is 5.75 Å². The van der Waals surface area contributed by atoms with Gasteiger partial charge >= 0.3 is 0 Å². The third-order valence-corrected chi connectivity index (χ3v) is 2.61. The number of aliphatic hydroxyl groups is 2. The lowest BCUT2D eigenvalue weighted by Gasteiger charge is -2.20. The Morgan fingerprint density at radius 3 is 2.70 bits per heavy atom. The van der Waals surface area contributed by atoms with E-state index in [4.69, 9.17) is 9.84 Å². The van der Waals surface area contributed by atoms with Crippen LogP contribution in [0.5, 0.6) is 5.75 Å². The summed E-state index contributed by atoms with van der Waals surface area (Å²) in [7, 11) is 1.29. The van der Waals surface area contributed by atoms with E-state index >= 15 is 0 Å². The monoisotopic (exact) mass is 284 g/mol. The molecule has 20 heavy (non-hydrogen) atoms. The number of nitro groups is 1. The number of carbonyl (C=O) groups is 1. The van der Waals surface area contributed by atoms with Gasteiger partial charge in [0.1, 0.15) is 11.4 Å². The van der Waals surface area contributed by atoms with E-state index in [9.17, 15) is 20.0 Å². The summed E-state index contributed by atoms with van der Waals surface area (Å²) in [5, 5.41) is 31.5. The summed E-state index contributed by atoms with van der Waals surface area (Å²) < 4.78 is 4.94. The average molecular weight is 284 g/mol. The number of nitrogens with one attached hydrogen (secondary N) is 1. The molecule has 110 valence electrons. The number of rotatable bonds is 6. The van der Waals surface area contributed by atoms with E-state index in [0.29, 0.717) is 0 Å². The first-order chi connectivity index (χ1) is 9.30. The fourth-order valence-corrected chi connectivity index (χ4v) is 1.40. The lowest BCUT2D eigenvalue weighted by atomic mass is 10.1. The van der Waals surface area contributed by atoms with E-state index in [2.05, 4.69) is 5.32 Å². The Labute approximate surface area is 115 Å². The SMILES string of the molecule is COc1cc([N+](=O)[O-])ccc1C(=O)NCC(C)(O)CO. The fraction of sp³-hybridized carbons (Fsp3) is 0.417. The van der Waals surface area contributed by atoms with E-state index in [1.807, 2.05) is 0 Å². The average Bonchev–Trinajstić information content (AvgIpc) is 2.44. The molecule has 0 aliphatic rings. The van der Waals surface area contributed by atoms with Gasteiger partial charge in [-0.05, 0) is 13.0 Å². The number of aliphatic hydroxyl groups excluding tert-OH is 1. The van der Waals surface area contributed by atoms with Crippen molar-refractivity contribution in [2.24, 2.45) is 0 Å². The van der Waals surface area contributed by atoms with Crippen LogP contribution in [0.2, 0.25) is 0 Å². The van der Waals surface area contributed by atoms with Crippen LogP contribution >= 0.6 is 0 Å². The highest BCUT2D eigenvalue weighted by Crippen LogP contribution is 2.24. The highest BCUT2D eigenvalue weighted by atomic mass is 16.6. The van der Waals surface area contributed by atoms with E-state index in [1.165, 1.54) is 26.2 Å². The Kier molecular flexibility index (Phi) is 5.00. The van der Waals surface area contributed by atoms with Crippen LogP contribution in [-0.2, 0) is 0 Å². The molecule has 0 saturated heterocycles. The van der Waals surface area contributed by atoms with Gasteiger partial charge < -0.3 is 20.3 Å². The molecule has 1 rings (SSSR count). The van der Waals surface area contributed by atoms with Gasteiger partial charge in [-0.1, -0.05) is 0 Å². The van der Waals surface area contributed by atoms with E-state index < -0.39 is 23.0 Å². The molecule has 1 amide bonds. The molecule has 0 aromatic heterocycles.